The Balaban J connectivity index is 1.98. The standard InChI is InChI=1S/C13H21N3O3/c1-3-18-6-4-16-5-7-19-11(9-16)13-14-10(2)8-12(17)15-13/h8,11H,3-7,9H2,1-2H3,(H,14,15,17)/t11-/m0/s1. The summed E-state index contributed by atoms with van der Waals surface area (Å²) < 4.78 is 11.1. The zero-order valence-corrected chi connectivity index (χ0v) is 11.5. The van der Waals surface area contributed by atoms with E-state index in [-0.39, 0.29) is 11.7 Å². The summed E-state index contributed by atoms with van der Waals surface area (Å²) in [6.07, 6.45) is -0.164. The van der Waals surface area contributed by atoms with Crippen molar-refractivity contribution in [2.75, 3.05) is 39.5 Å². The molecule has 1 N–H and O–H groups in total. The first-order valence-electron chi connectivity index (χ1n) is 6.68. The van der Waals surface area contributed by atoms with E-state index in [1.807, 2.05) is 13.8 Å². The molecule has 1 aromatic heterocycles. The van der Waals surface area contributed by atoms with Gasteiger partial charge in [-0.15, -0.1) is 0 Å². The van der Waals surface area contributed by atoms with E-state index in [1.165, 1.54) is 6.07 Å². The third-order valence-electron chi connectivity index (χ3n) is 3.10. The molecule has 0 spiro atoms. The van der Waals surface area contributed by atoms with E-state index in [0.717, 1.165) is 32.8 Å². The van der Waals surface area contributed by atoms with E-state index in [4.69, 9.17) is 9.47 Å². The molecule has 1 aromatic rings. The molecule has 6 nitrogen and oxygen atoms in total. The van der Waals surface area contributed by atoms with E-state index in [9.17, 15) is 4.79 Å². The summed E-state index contributed by atoms with van der Waals surface area (Å²) in [5.41, 5.74) is 0.589. The number of hydrogen-bond acceptors (Lipinski definition) is 5. The number of H-pyrrole nitrogens is 1. The highest BCUT2D eigenvalue weighted by Crippen LogP contribution is 2.18. The van der Waals surface area contributed by atoms with Gasteiger partial charge in [0.15, 0.2) is 0 Å². The average Bonchev–Trinajstić information content (AvgIpc) is 2.38. The molecule has 6 heteroatoms. The zero-order valence-electron chi connectivity index (χ0n) is 11.5. The number of ether oxygens (including phenoxy) is 2. The quantitative estimate of drug-likeness (QED) is 0.786. The lowest BCUT2D eigenvalue weighted by atomic mass is 10.2. The van der Waals surface area contributed by atoms with Crippen LogP contribution < -0.4 is 5.56 Å². The van der Waals surface area contributed by atoms with Crippen LogP contribution in [0.1, 0.15) is 24.5 Å². The summed E-state index contributed by atoms with van der Waals surface area (Å²) in [5.74, 6) is 0.617. The van der Waals surface area contributed by atoms with Crippen molar-refractivity contribution in [3.8, 4) is 0 Å². The van der Waals surface area contributed by atoms with Gasteiger partial charge < -0.3 is 14.5 Å². The van der Waals surface area contributed by atoms with Crippen LogP contribution in [0, 0.1) is 6.92 Å². The maximum Gasteiger partial charge on any atom is 0.251 e. The Labute approximate surface area is 112 Å². The normalized spacial score (nSPS) is 20.6. The molecule has 1 atom stereocenters. The minimum Gasteiger partial charge on any atom is -0.380 e. The fourth-order valence-corrected chi connectivity index (χ4v) is 2.16. The van der Waals surface area contributed by atoms with Crippen LogP contribution in [0.4, 0.5) is 0 Å². The minimum absolute atomic E-state index is 0.127. The third kappa shape index (κ3) is 4.12. The first kappa shape index (κ1) is 14.2. The van der Waals surface area contributed by atoms with E-state index in [2.05, 4.69) is 14.9 Å². The van der Waals surface area contributed by atoms with Crippen LogP contribution in [0.5, 0.6) is 0 Å². The molecule has 0 aromatic carbocycles. The van der Waals surface area contributed by atoms with Crippen molar-refractivity contribution in [2.24, 2.45) is 0 Å². The van der Waals surface area contributed by atoms with Crippen molar-refractivity contribution in [1.29, 1.82) is 0 Å². The molecule has 0 saturated carbocycles. The fraction of sp³-hybridized carbons (Fsp3) is 0.692. The summed E-state index contributed by atoms with van der Waals surface area (Å²) in [6.45, 7) is 8.41. The lowest BCUT2D eigenvalue weighted by Gasteiger charge is -2.32. The molecule has 0 bridgehead atoms. The topological polar surface area (TPSA) is 67.5 Å². The van der Waals surface area contributed by atoms with E-state index < -0.39 is 0 Å². The molecule has 0 unspecified atom stereocenters. The third-order valence-corrected chi connectivity index (χ3v) is 3.10. The van der Waals surface area contributed by atoms with Gasteiger partial charge >= 0.3 is 0 Å². The summed E-state index contributed by atoms with van der Waals surface area (Å²) in [6, 6.07) is 1.49. The van der Waals surface area contributed by atoms with Crippen molar-refractivity contribution in [2.45, 2.75) is 20.0 Å². The SMILES string of the molecule is CCOCCN1CCO[C@H](c2nc(C)cc(=O)[nH]2)C1. The molecule has 19 heavy (non-hydrogen) atoms. The molecule has 1 fully saturated rings. The Morgan fingerprint density at radius 2 is 2.47 bits per heavy atom. The monoisotopic (exact) mass is 267 g/mol. The van der Waals surface area contributed by atoms with E-state index >= 15 is 0 Å². The van der Waals surface area contributed by atoms with Gasteiger partial charge in [-0.25, -0.2) is 4.98 Å². The van der Waals surface area contributed by atoms with Gasteiger partial charge in [0.25, 0.3) is 5.56 Å². The van der Waals surface area contributed by atoms with Crippen molar-refractivity contribution in [3.05, 3.63) is 27.9 Å². The van der Waals surface area contributed by atoms with Crippen LogP contribution in [0.15, 0.2) is 10.9 Å². The number of rotatable bonds is 5. The number of nitrogens with one attached hydrogen (secondary N) is 1. The van der Waals surface area contributed by atoms with Gasteiger partial charge in [-0.2, -0.15) is 0 Å². The Morgan fingerprint density at radius 1 is 1.63 bits per heavy atom. The largest absolute Gasteiger partial charge is 0.380 e. The second kappa shape index (κ2) is 6.79. The predicted octanol–water partition coefficient (Wildman–Crippen LogP) is 0.488. The smallest absolute Gasteiger partial charge is 0.251 e. The zero-order chi connectivity index (χ0) is 13.7. The number of nitrogens with zero attached hydrogens (tertiary/aromatic N) is 2. The summed E-state index contributed by atoms with van der Waals surface area (Å²) in [5, 5.41) is 0. The maximum atomic E-state index is 11.5. The first-order valence-corrected chi connectivity index (χ1v) is 6.68. The molecular weight excluding hydrogens is 246 g/mol. The fourth-order valence-electron chi connectivity index (χ4n) is 2.16. The van der Waals surface area contributed by atoms with Crippen LogP contribution in [-0.2, 0) is 9.47 Å². The molecule has 0 radical (unpaired) electrons. The van der Waals surface area contributed by atoms with Crippen molar-refractivity contribution < 1.29 is 9.47 Å². The highest BCUT2D eigenvalue weighted by molar-refractivity contribution is 5.03. The van der Waals surface area contributed by atoms with Crippen LogP contribution in [0.3, 0.4) is 0 Å². The van der Waals surface area contributed by atoms with Gasteiger partial charge in [-0.3, -0.25) is 9.69 Å². The van der Waals surface area contributed by atoms with Crippen LogP contribution in [0.25, 0.3) is 0 Å². The Bertz CT molecular complexity index is 461. The van der Waals surface area contributed by atoms with Crippen molar-refractivity contribution in [3.63, 3.8) is 0 Å². The molecule has 0 aliphatic carbocycles. The number of aryl methyl sites for hydroxylation is 1. The average molecular weight is 267 g/mol. The van der Waals surface area contributed by atoms with Gasteiger partial charge in [-0.05, 0) is 13.8 Å². The second-order valence-electron chi connectivity index (χ2n) is 4.63. The summed E-state index contributed by atoms with van der Waals surface area (Å²) >= 11 is 0. The molecule has 1 saturated heterocycles. The highest BCUT2D eigenvalue weighted by Gasteiger charge is 2.23. The van der Waals surface area contributed by atoms with Crippen LogP contribution in [0.2, 0.25) is 0 Å². The lowest BCUT2D eigenvalue weighted by Crippen LogP contribution is -2.41. The molecule has 1 aliphatic heterocycles. The van der Waals surface area contributed by atoms with Gasteiger partial charge in [-0.1, -0.05) is 0 Å². The first-order chi connectivity index (χ1) is 9.19. The van der Waals surface area contributed by atoms with Crippen LogP contribution in [-0.4, -0.2) is 54.3 Å². The number of morpholine rings is 1. The van der Waals surface area contributed by atoms with Gasteiger partial charge in [0, 0.05) is 38.0 Å². The lowest BCUT2D eigenvalue weighted by molar-refractivity contribution is -0.0414. The summed E-state index contributed by atoms with van der Waals surface area (Å²) in [7, 11) is 0. The van der Waals surface area contributed by atoms with Gasteiger partial charge in [0.1, 0.15) is 11.9 Å². The van der Waals surface area contributed by atoms with E-state index in [0.29, 0.717) is 18.1 Å². The predicted molar refractivity (Wildman–Crippen MR) is 71.2 cm³/mol. The Morgan fingerprint density at radius 3 is 3.21 bits per heavy atom. The van der Waals surface area contributed by atoms with Crippen molar-refractivity contribution >= 4 is 0 Å². The second-order valence-corrected chi connectivity index (χ2v) is 4.63. The van der Waals surface area contributed by atoms with Gasteiger partial charge in [0.05, 0.1) is 13.2 Å². The van der Waals surface area contributed by atoms with Gasteiger partial charge in [0.2, 0.25) is 0 Å². The molecule has 106 valence electrons. The Kier molecular flexibility index (Phi) is 5.07. The molecule has 2 rings (SSSR count). The molecule has 1 aliphatic rings. The number of aromatic amines is 1. The number of aromatic nitrogens is 2. The Hall–Kier alpha value is -1.24. The minimum atomic E-state index is -0.164. The molecule has 0 amide bonds. The van der Waals surface area contributed by atoms with Crippen LogP contribution >= 0.6 is 0 Å². The maximum absolute atomic E-state index is 11.5. The summed E-state index contributed by atoms with van der Waals surface area (Å²) in [4.78, 5) is 20.8. The molecule has 2 heterocycles. The number of hydrogen-bond donors (Lipinski definition) is 1. The highest BCUT2D eigenvalue weighted by atomic mass is 16.5. The van der Waals surface area contributed by atoms with Crippen molar-refractivity contribution in [1.82, 2.24) is 14.9 Å². The van der Waals surface area contributed by atoms with E-state index in [1.54, 1.807) is 0 Å². The molecular formula is C13H21N3O3.